The third-order valence-electron chi connectivity index (χ3n) is 5.39. The van der Waals surface area contributed by atoms with Gasteiger partial charge in [-0.1, -0.05) is 61.5 Å². The molecule has 0 radical (unpaired) electrons. The molecule has 0 aliphatic carbocycles. The van der Waals surface area contributed by atoms with E-state index in [9.17, 15) is 9.59 Å². The molecule has 0 aliphatic rings. The van der Waals surface area contributed by atoms with Crippen molar-refractivity contribution in [1.29, 1.82) is 0 Å². The number of benzene rings is 2. The molecular weight excluding hydrogens is 438 g/mol. The van der Waals surface area contributed by atoms with Crippen molar-refractivity contribution in [3.8, 4) is 5.75 Å². The summed E-state index contributed by atoms with van der Waals surface area (Å²) in [5.74, 6) is 1.09. The normalized spacial score (nSPS) is 12.0. The lowest BCUT2D eigenvalue weighted by Crippen LogP contribution is -2.51. The number of nitrogens with zero attached hydrogens (tertiary/aromatic N) is 2. The third-order valence-corrected chi connectivity index (χ3v) is 5.39. The molecule has 0 saturated carbocycles. The summed E-state index contributed by atoms with van der Waals surface area (Å²) in [5, 5.41) is 6.90. The average molecular weight is 468 g/mol. The van der Waals surface area contributed by atoms with E-state index in [4.69, 9.17) is 18.7 Å². The molecule has 1 heterocycles. The zero-order valence-electron chi connectivity index (χ0n) is 19.7. The summed E-state index contributed by atoms with van der Waals surface area (Å²) >= 11 is 0. The van der Waals surface area contributed by atoms with Gasteiger partial charge in [0.15, 0.2) is 5.82 Å². The molecule has 1 amide bonds. The van der Waals surface area contributed by atoms with Crippen LogP contribution >= 0.6 is 0 Å². The predicted octanol–water partition coefficient (Wildman–Crippen LogP) is 3.80. The van der Waals surface area contributed by atoms with Crippen LogP contribution in [-0.2, 0) is 32.7 Å². The predicted molar refractivity (Wildman–Crippen MR) is 123 cm³/mol. The maximum absolute atomic E-state index is 12.5. The Morgan fingerprint density at radius 2 is 1.74 bits per heavy atom. The molecule has 0 aliphatic heterocycles. The van der Waals surface area contributed by atoms with E-state index in [-0.39, 0.29) is 13.2 Å². The third kappa shape index (κ3) is 6.81. The van der Waals surface area contributed by atoms with Crippen LogP contribution < -0.4 is 10.1 Å². The first-order chi connectivity index (χ1) is 16.3. The van der Waals surface area contributed by atoms with E-state index < -0.39 is 23.5 Å². The molecule has 1 atom stereocenters. The van der Waals surface area contributed by atoms with Gasteiger partial charge < -0.3 is 24.1 Å². The molecular formula is C25H29N3O6. The van der Waals surface area contributed by atoms with Gasteiger partial charge >= 0.3 is 12.1 Å². The standard InChI is InChI=1S/C25H29N3O6/c1-17(29)32-16-21(26-24(30)33-15-19-8-6-5-7-9-19)25(2,3)23-27-22(34-28-23)14-18-10-12-20(31-4)13-11-18/h5-13,21H,14-16H2,1-4H3,(H,26,30)/t21-/m1/s1. The number of hydrogen-bond donors (Lipinski definition) is 1. The Bertz CT molecular complexity index is 1080. The fourth-order valence-electron chi connectivity index (χ4n) is 3.20. The monoisotopic (exact) mass is 467 g/mol. The molecule has 9 nitrogen and oxygen atoms in total. The van der Waals surface area contributed by atoms with Gasteiger partial charge in [0, 0.05) is 6.92 Å². The maximum atomic E-state index is 12.5. The Kier molecular flexibility index (Phi) is 8.24. The Morgan fingerprint density at radius 1 is 1.03 bits per heavy atom. The quantitative estimate of drug-likeness (QED) is 0.448. The first kappa shape index (κ1) is 24.8. The highest BCUT2D eigenvalue weighted by Gasteiger charge is 2.38. The van der Waals surface area contributed by atoms with Crippen LogP contribution in [0.5, 0.6) is 5.75 Å². The molecule has 3 aromatic rings. The summed E-state index contributed by atoms with van der Waals surface area (Å²) in [7, 11) is 1.61. The van der Waals surface area contributed by atoms with Crippen LogP contribution in [0.25, 0.3) is 0 Å². The molecule has 0 unspecified atom stereocenters. The van der Waals surface area contributed by atoms with Crippen LogP contribution in [0.15, 0.2) is 59.1 Å². The van der Waals surface area contributed by atoms with Crippen molar-refractivity contribution in [3.63, 3.8) is 0 Å². The summed E-state index contributed by atoms with van der Waals surface area (Å²) < 4.78 is 21.2. The fraction of sp³-hybridized carbons (Fsp3) is 0.360. The zero-order valence-corrected chi connectivity index (χ0v) is 19.7. The molecule has 0 fully saturated rings. The minimum absolute atomic E-state index is 0.0783. The van der Waals surface area contributed by atoms with E-state index in [2.05, 4.69) is 15.5 Å². The Labute approximate surface area is 198 Å². The van der Waals surface area contributed by atoms with E-state index in [0.29, 0.717) is 18.1 Å². The van der Waals surface area contributed by atoms with Gasteiger partial charge in [0.2, 0.25) is 5.89 Å². The van der Waals surface area contributed by atoms with Gasteiger partial charge in [-0.05, 0) is 23.3 Å². The first-order valence-electron chi connectivity index (χ1n) is 10.8. The summed E-state index contributed by atoms with van der Waals surface area (Å²) in [6.45, 7) is 5.01. The molecule has 3 rings (SSSR count). The van der Waals surface area contributed by atoms with Crippen LogP contribution in [0.4, 0.5) is 4.79 Å². The van der Waals surface area contributed by atoms with E-state index in [1.807, 2.05) is 68.4 Å². The van der Waals surface area contributed by atoms with Gasteiger partial charge in [0.1, 0.15) is 19.0 Å². The van der Waals surface area contributed by atoms with Crippen molar-refractivity contribution in [2.45, 2.75) is 45.3 Å². The molecule has 1 aromatic heterocycles. The van der Waals surface area contributed by atoms with Gasteiger partial charge in [-0.2, -0.15) is 4.98 Å². The number of carbonyl (C=O) groups is 2. The van der Waals surface area contributed by atoms with Crippen molar-refractivity contribution in [2.24, 2.45) is 0 Å². The molecule has 180 valence electrons. The van der Waals surface area contributed by atoms with E-state index >= 15 is 0 Å². The van der Waals surface area contributed by atoms with E-state index in [1.165, 1.54) is 6.92 Å². The Hall–Kier alpha value is -3.88. The summed E-state index contributed by atoms with van der Waals surface area (Å²) in [6.07, 6.45) is -0.204. The zero-order chi connectivity index (χ0) is 24.6. The number of ether oxygens (including phenoxy) is 3. The van der Waals surface area contributed by atoms with Crippen LogP contribution in [0.1, 0.15) is 43.6 Å². The lowest BCUT2D eigenvalue weighted by atomic mass is 9.84. The Balaban J connectivity index is 1.69. The number of nitrogens with one attached hydrogen (secondary N) is 1. The van der Waals surface area contributed by atoms with Gasteiger partial charge in [-0.3, -0.25) is 4.79 Å². The molecule has 0 bridgehead atoms. The lowest BCUT2D eigenvalue weighted by Gasteiger charge is -2.31. The van der Waals surface area contributed by atoms with Crippen molar-refractivity contribution < 1.29 is 28.3 Å². The van der Waals surface area contributed by atoms with Crippen LogP contribution in [0.3, 0.4) is 0 Å². The highest BCUT2D eigenvalue weighted by Crippen LogP contribution is 2.26. The highest BCUT2D eigenvalue weighted by atomic mass is 16.6. The number of carbonyl (C=O) groups excluding carboxylic acids is 2. The van der Waals surface area contributed by atoms with Crippen molar-refractivity contribution in [2.75, 3.05) is 13.7 Å². The minimum atomic E-state index is -0.830. The second-order valence-electron chi connectivity index (χ2n) is 8.32. The smallest absolute Gasteiger partial charge is 0.407 e. The summed E-state index contributed by atoms with van der Waals surface area (Å²) in [5.41, 5.74) is 1.01. The lowest BCUT2D eigenvalue weighted by molar-refractivity contribution is -0.142. The van der Waals surface area contributed by atoms with Gasteiger partial charge in [0.05, 0.1) is 25.0 Å². The number of rotatable bonds is 10. The molecule has 0 saturated heterocycles. The molecule has 1 N–H and O–H groups in total. The van der Waals surface area contributed by atoms with Crippen LogP contribution in [0.2, 0.25) is 0 Å². The number of alkyl carbamates (subject to hydrolysis) is 1. The van der Waals surface area contributed by atoms with Crippen molar-refractivity contribution in [3.05, 3.63) is 77.4 Å². The second kappa shape index (κ2) is 11.3. The fourth-order valence-corrected chi connectivity index (χ4v) is 3.20. The number of amides is 1. The van der Waals surface area contributed by atoms with Crippen molar-refractivity contribution >= 4 is 12.1 Å². The number of hydrogen-bond acceptors (Lipinski definition) is 8. The maximum Gasteiger partial charge on any atom is 0.407 e. The number of esters is 1. The van der Waals surface area contributed by atoms with Gasteiger partial charge in [0.25, 0.3) is 0 Å². The highest BCUT2D eigenvalue weighted by molar-refractivity contribution is 5.68. The summed E-state index contributed by atoms with van der Waals surface area (Å²) in [4.78, 5) is 28.5. The molecule has 0 spiro atoms. The number of aromatic nitrogens is 2. The van der Waals surface area contributed by atoms with Crippen LogP contribution in [-0.4, -0.2) is 42.0 Å². The van der Waals surface area contributed by atoms with E-state index in [0.717, 1.165) is 16.9 Å². The SMILES string of the molecule is COc1ccc(Cc2nc(C(C)(C)[C@@H](COC(C)=O)NC(=O)OCc3ccccc3)no2)cc1. The molecule has 2 aromatic carbocycles. The average Bonchev–Trinajstić information content (AvgIpc) is 3.31. The first-order valence-corrected chi connectivity index (χ1v) is 10.8. The molecule has 34 heavy (non-hydrogen) atoms. The second-order valence-corrected chi connectivity index (χ2v) is 8.32. The summed E-state index contributed by atoms with van der Waals surface area (Å²) in [6, 6.07) is 16.2. The largest absolute Gasteiger partial charge is 0.497 e. The molecule has 9 heteroatoms. The topological polar surface area (TPSA) is 113 Å². The number of methoxy groups -OCH3 is 1. The van der Waals surface area contributed by atoms with Crippen molar-refractivity contribution in [1.82, 2.24) is 15.5 Å². The van der Waals surface area contributed by atoms with Gasteiger partial charge in [-0.15, -0.1) is 0 Å². The van der Waals surface area contributed by atoms with E-state index in [1.54, 1.807) is 7.11 Å². The van der Waals surface area contributed by atoms with Gasteiger partial charge in [-0.25, -0.2) is 4.79 Å². The van der Waals surface area contributed by atoms with Crippen LogP contribution in [0, 0.1) is 0 Å². The Morgan fingerprint density at radius 3 is 2.38 bits per heavy atom. The minimum Gasteiger partial charge on any atom is -0.497 e.